The van der Waals surface area contributed by atoms with Gasteiger partial charge in [-0.05, 0) is 37.6 Å². The minimum absolute atomic E-state index is 0.327. The van der Waals surface area contributed by atoms with Crippen molar-refractivity contribution in [2.45, 2.75) is 13.8 Å². The number of nitriles is 1. The van der Waals surface area contributed by atoms with E-state index in [1.54, 1.807) is 24.3 Å². The standard InChI is InChI=1S/C14H15NO4/c1-3-18-12-6-5-10(8-13(12)19-4-2)7-11(9-15)14(16)17/h5-8H,3-4H2,1-2H3,(H,16,17). The van der Waals surface area contributed by atoms with Crippen molar-refractivity contribution in [1.82, 2.24) is 0 Å². The second-order valence-corrected chi connectivity index (χ2v) is 3.55. The van der Waals surface area contributed by atoms with E-state index in [1.807, 2.05) is 13.8 Å². The van der Waals surface area contributed by atoms with E-state index in [1.165, 1.54) is 6.08 Å². The lowest BCUT2D eigenvalue weighted by molar-refractivity contribution is -0.132. The van der Waals surface area contributed by atoms with Crippen LogP contribution in [0.4, 0.5) is 0 Å². The summed E-state index contributed by atoms with van der Waals surface area (Å²) in [6.45, 7) is 4.68. The van der Waals surface area contributed by atoms with E-state index in [2.05, 4.69) is 0 Å². The van der Waals surface area contributed by atoms with E-state index < -0.39 is 5.97 Å². The van der Waals surface area contributed by atoms with Crippen LogP contribution < -0.4 is 9.47 Å². The first-order valence-corrected chi connectivity index (χ1v) is 5.87. The van der Waals surface area contributed by atoms with Gasteiger partial charge < -0.3 is 14.6 Å². The molecule has 1 aromatic carbocycles. The Morgan fingerprint density at radius 3 is 2.47 bits per heavy atom. The van der Waals surface area contributed by atoms with Crippen LogP contribution in [0.5, 0.6) is 11.5 Å². The Balaban J connectivity index is 3.14. The van der Waals surface area contributed by atoms with Crippen LogP contribution in [0.25, 0.3) is 6.08 Å². The zero-order valence-electron chi connectivity index (χ0n) is 10.8. The number of carbonyl (C=O) groups is 1. The Kier molecular flexibility index (Phi) is 5.42. The Hall–Kier alpha value is -2.48. The van der Waals surface area contributed by atoms with E-state index >= 15 is 0 Å². The van der Waals surface area contributed by atoms with Crippen molar-refractivity contribution in [2.24, 2.45) is 0 Å². The molecule has 0 aliphatic rings. The summed E-state index contributed by atoms with van der Waals surface area (Å²) in [6, 6.07) is 6.64. The van der Waals surface area contributed by atoms with E-state index in [-0.39, 0.29) is 5.57 Å². The largest absolute Gasteiger partial charge is 0.490 e. The number of nitrogens with zero attached hydrogens (tertiary/aromatic N) is 1. The van der Waals surface area contributed by atoms with Crippen molar-refractivity contribution in [1.29, 1.82) is 5.26 Å². The summed E-state index contributed by atoms with van der Waals surface area (Å²) in [5.74, 6) is -0.134. The molecule has 0 bridgehead atoms. The van der Waals surface area contributed by atoms with Crippen LogP contribution >= 0.6 is 0 Å². The highest BCUT2D eigenvalue weighted by Gasteiger charge is 2.09. The van der Waals surface area contributed by atoms with Gasteiger partial charge in [0.25, 0.3) is 0 Å². The third-order valence-electron chi connectivity index (χ3n) is 2.23. The molecule has 5 heteroatoms. The lowest BCUT2D eigenvalue weighted by Crippen LogP contribution is -2.00. The van der Waals surface area contributed by atoms with Crippen LogP contribution in [0.3, 0.4) is 0 Å². The molecule has 0 spiro atoms. The van der Waals surface area contributed by atoms with Gasteiger partial charge in [-0.15, -0.1) is 0 Å². The number of aliphatic carboxylic acids is 1. The normalized spacial score (nSPS) is 10.7. The highest BCUT2D eigenvalue weighted by molar-refractivity contribution is 5.96. The maximum Gasteiger partial charge on any atom is 0.346 e. The maximum absolute atomic E-state index is 10.8. The number of carboxylic acid groups (broad SMARTS) is 1. The molecule has 1 aromatic rings. The molecule has 0 aromatic heterocycles. The van der Waals surface area contributed by atoms with Gasteiger partial charge in [-0.25, -0.2) is 4.79 Å². The zero-order valence-corrected chi connectivity index (χ0v) is 10.8. The minimum atomic E-state index is -1.26. The highest BCUT2D eigenvalue weighted by Crippen LogP contribution is 2.29. The molecule has 1 N–H and O–H groups in total. The predicted octanol–water partition coefficient (Wildman–Crippen LogP) is 2.48. The summed E-state index contributed by atoms with van der Waals surface area (Å²) in [5.41, 5.74) is 0.248. The smallest absolute Gasteiger partial charge is 0.346 e. The fourth-order valence-electron chi connectivity index (χ4n) is 1.47. The molecule has 100 valence electrons. The monoisotopic (exact) mass is 261 g/mol. The number of hydrogen-bond acceptors (Lipinski definition) is 4. The summed E-state index contributed by atoms with van der Waals surface area (Å²) in [6.07, 6.45) is 1.29. The summed E-state index contributed by atoms with van der Waals surface area (Å²) in [5, 5.41) is 17.5. The fraction of sp³-hybridized carbons (Fsp3) is 0.286. The van der Waals surface area contributed by atoms with Crippen molar-refractivity contribution in [3.63, 3.8) is 0 Å². The zero-order chi connectivity index (χ0) is 14.3. The number of rotatable bonds is 6. The summed E-state index contributed by atoms with van der Waals surface area (Å²) in [7, 11) is 0. The van der Waals surface area contributed by atoms with Gasteiger partial charge >= 0.3 is 5.97 Å². The van der Waals surface area contributed by atoms with Crippen molar-refractivity contribution in [3.8, 4) is 17.6 Å². The van der Waals surface area contributed by atoms with Gasteiger partial charge in [-0.2, -0.15) is 5.26 Å². The number of benzene rings is 1. The lowest BCUT2D eigenvalue weighted by atomic mass is 10.1. The van der Waals surface area contributed by atoms with E-state index in [0.29, 0.717) is 30.3 Å². The second kappa shape index (κ2) is 7.07. The van der Waals surface area contributed by atoms with E-state index in [9.17, 15) is 4.79 Å². The summed E-state index contributed by atoms with van der Waals surface area (Å²) in [4.78, 5) is 10.8. The average molecular weight is 261 g/mol. The highest BCUT2D eigenvalue weighted by atomic mass is 16.5. The molecule has 0 saturated heterocycles. The molecule has 0 aliphatic heterocycles. The molecule has 1 rings (SSSR count). The van der Waals surface area contributed by atoms with Gasteiger partial charge in [-0.1, -0.05) is 6.07 Å². The molecule has 0 atom stereocenters. The molecule has 0 fully saturated rings. The van der Waals surface area contributed by atoms with Gasteiger partial charge in [0.05, 0.1) is 13.2 Å². The number of carboxylic acids is 1. The van der Waals surface area contributed by atoms with Crippen LogP contribution in [0.2, 0.25) is 0 Å². The summed E-state index contributed by atoms with van der Waals surface area (Å²) >= 11 is 0. The van der Waals surface area contributed by atoms with Crippen LogP contribution in [0.15, 0.2) is 23.8 Å². The van der Waals surface area contributed by atoms with Gasteiger partial charge in [0.15, 0.2) is 11.5 Å². The molecule has 0 aliphatic carbocycles. The Morgan fingerprint density at radius 1 is 1.32 bits per heavy atom. The molecule has 0 heterocycles. The first-order chi connectivity index (χ1) is 9.12. The van der Waals surface area contributed by atoms with Gasteiger partial charge in [0.1, 0.15) is 11.6 Å². The molecule has 0 amide bonds. The van der Waals surface area contributed by atoms with Gasteiger partial charge in [0, 0.05) is 0 Å². The molecule has 0 radical (unpaired) electrons. The maximum atomic E-state index is 10.8. The molecule has 19 heavy (non-hydrogen) atoms. The Bertz CT molecular complexity index is 529. The van der Waals surface area contributed by atoms with Crippen molar-refractivity contribution in [2.75, 3.05) is 13.2 Å². The molecule has 5 nitrogen and oxygen atoms in total. The van der Waals surface area contributed by atoms with E-state index in [0.717, 1.165) is 0 Å². The van der Waals surface area contributed by atoms with Crippen molar-refractivity contribution >= 4 is 12.0 Å². The topological polar surface area (TPSA) is 79.5 Å². The van der Waals surface area contributed by atoms with Crippen LogP contribution in [-0.4, -0.2) is 24.3 Å². The van der Waals surface area contributed by atoms with Gasteiger partial charge in [-0.3, -0.25) is 0 Å². The van der Waals surface area contributed by atoms with Crippen LogP contribution in [0, 0.1) is 11.3 Å². The first-order valence-electron chi connectivity index (χ1n) is 5.87. The van der Waals surface area contributed by atoms with Crippen LogP contribution in [-0.2, 0) is 4.79 Å². The SMILES string of the molecule is CCOc1ccc(C=C(C#N)C(=O)O)cc1OCC. The predicted molar refractivity (Wildman–Crippen MR) is 70.0 cm³/mol. The van der Waals surface area contributed by atoms with Crippen molar-refractivity contribution in [3.05, 3.63) is 29.3 Å². The second-order valence-electron chi connectivity index (χ2n) is 3.55. The third kappa shape index (κ3) is 4.03. The molecule has 0 saturated carbocycles. The first kappa shape index (κ1) is 14.6. The fourth-order valence-corrected chi connectivity index (χ4v) is 1.47. The molecular formula is C14H15NO4. The minimum Gasteiger partial charge on any atom is -0.490 e. The Morgan fingerprint density at radius 2 is 1.95 bits per heavy atom. The number of hydrogen-bond donors (Lipinski definition) is 1. The van der Waals surface area contributed by atoms with Crippen molar-refractivity contribution < 1.29 is 19.4 Å². The van der Waals surface area contributed by atoms with Gasteiger partial charge in [0.2, 0.25) is 0 Å². The van der Waals surface area contributed by atoms with Crippen LogP contribution in [0.1, 0.15) is 19.4 Å². The molecular weight excluding hydrogens is 246 g/mol. The third-order valence-corrected chi connectivity index (χ3v) is 2.23. The molecule has 0 unspecified atom stereocenters. The Labute approximate surface area is 111 Å². The van der Waals surface area contributed by atoms with E-state index in [4.69, 9.17) is 19.8 Å². The quantitative estimate of drug-likeness (QED) is 0.628. The number of ether oxygens (including phenoxy) is 2. The lowest BCUT2D eigenvalue weighted by Gasteiger charge is -2.11. The average Bonchev–Trinajstić information content (AvgIpc) is 2.39. The summed E-state index contributed by atoms with van der Waals surface area (Å²) < 4.78 is 10.8.